The molecule has 7 nitrogen and oxygen atoms in total. The van der Waals surface area contributed by atoms with Gasteiger partial charge in [-0.2, -0.15) is 5.26 Å². The summed E-state index contributed by atoms with van der Waals surface area (Å²) >= 11 is 0. The van der Waals surface area contributed by atoms with Crippen LogP contribution >= 0.6 is 0 Å². The van der Waals surface area contributed by atoms with Crippen LogP contribution in [0.5, 0.6) is 0 Å². The first kappa shape index (κ1) is 16.7. The fraction of sp³-hybridized carbons (Fsp3) is 0.474. The second-order valence-corrected chi connectivity index (χ2v) is 7.06. The molecule has 26 heavy (non-hydrogen) atoms. The van der Waals surface area contributed by atoms with Gasteiger partial charge in [-0.25, -0.2) is 9.97 Å². The molecule has 1 atom stereocenters. The number of para-hydroxylation sites is 2. The van der Waals surface area contributed by atoms with Gasteiger partial charge in [-0.3, -0.25) is 4.79 Å². The Morgan fingerprint density at radius 2 is 1.85 bits per heavy atom. The number of nitrogens with zero attached hydrogens (tertiary/aromatic N) is 5. The monoisotopic (exact) mass is 350 g/mol. The minimum atomic E-state index is -0.942. The average molecular weight is 350 g/mol. The van der Waals surface area contributed by atoms with E-state index in [4.69, 9.17) is 4.98 Å². The Labute approximate surface area is 152 Å². The lowest BCUT2D eigenvalue weighted by Crippen LogP contribution is -2.45. The minimum absolute atomic E-state index is 0.207. The first-order valence-corrected chi connectivity index (χ1v) is 9.06. The molecular formula is C19H22N6O. The molecule has 1 amide bonds. The Bertz CT molecular complexity index is 864. The number of nitrogens with one attached hydrogen (secondary N) is 1. The number of rotatable bonds is 4. The van der Waals surface area contributed by atoms with Gasteiger partial charge in [0.2, 0.25) is 5.91 Å². The number of likely N-dealkylation sites (N-methyl/N-ethyl adjacent to an activating group) is 1. The summed E-state index contributed by atoms with van der Waals surface area (Å²) in [7, 11) is 2.09. The number of fused-ring (bicyclic) bond motifs is 1. The van der Waals surface area contributed by atoms with Crippen molar-refractivity contribution < 1.29 is 4.79 Å². The molecule has 0 bridgehead atoms. The highest BCUT2D eigenvalue weighted by molar-refractivity contribution is 5.89. The van der Waals surface area contributed by atoms with Gasteiger partial charge in [0.15, 0.2) is 11.7 Å². The zero-order valence-electron chi connectivity index (χ0n) is 14.9. The summed E-state index contributed by atoms with van der Waals surface area (Å²) in [5.74, 6) is -0.549. The van der Waals surface area contributed by atoms with E-state index in [1.54, 1.807) is 0 Å². The van der Waals surface area contributed by atoms with Gasteiger partial charge in [0.25, 0.3) is 0 Å². The summed E-state index contributed by atoms with van der Waals surface area (Å²) in [6.45, 7) is 3.44. The van der Waals surface area contributed by atoms with Gasteiger partial charge in [-0.15, -0.1) is 0 Å². The third-order valence-corrected chi connectivity index (χ3v) is 4.97. The highest BCUT2D eigenvalue weighted by Crippen LogP contribution is 2.29. The van der Waals surface area contributed by atoms with E-state index < -0.39 is 5.92 Å². The summed E-state index contributed by atoms with van der Waals surface area (Å²) in [5, 5.41) is 12.6. The van der Waals surface area contributed by atoms with Crippen molar-refractivity contribution in [3.05, 3.63) is 30.0 Å². The van der Waals surface area contributed by atoms with E-state index in [-0.39, 0.29) is 11.9 Å². The van der Waals surface area contributed by atoms with Crippen molar-refractivity contribution in [1.82, 2.24) is 20.2 Å². The third kappa shape index (κ3) is 3.33. The first-order chi connectivity index (χ1) is 12.7. The Kier molecular flexibility index (Phi) is 4.43. The highest BCUT2D eigenvalue weighted by Gasteiger charge is 2.33. The normalized spacial score (nSPS) is 19.2. The zero-order valence-corrected chi connectivity index (χ0v) is 14.9. The molecule has 2 heterocycles. The largest absolute Gasteiger partial charge is 0.352 e. The van der Waals surface area contributed by atoms with Crippen LogP contribution in [0, 0.1) is 11.3 Å². The highest BCUT2D eigenvalue weighted by atomic mass is 16.2. The van der Waals surface area contributed by atoms with Crippen LogP contribution in [0.15, 0.2) is 24.3 Å². The van der Waals surface area contributed by atoms with Crippen LogP contribution in [0.3, 0.4) is 0 Å². The van der Waals surface area contributed by atoms with Crippen molar-refractivity contribution in [3.63, 3.8) is 0 Å². The summed E-state index contributed by atoms with van der Waals surface area (Å²) in [6.07, 6.45) is 1.97. The van der Waals surface area contributed by atoms with Crippen molar-refractivity contribution in [2.75, 3.05) is 38.1 Å². The van der Waals surface area contributed by atoms with Crippen LogP contribution in [-0.4, -0.2) is 60.0 Å². The molecule has 1 aliphatic carbocycles. The van der Waals surface area contributed by atoms with Crippen LogP contribution < -0.4 is 10.2 Å². The Morgan fingerprint density at radius 3 is 2.46 bits per heavy atom. The molecule has 2 fully saturated rings. The van der Waals surface area contributed by atoms with Crippen LogP contribution in [0.2, 0.25) is 0 Å². The lowest BCUT2D eigenvalue weighted by atomic mass is 10.0. The van der Waals surface area contributed by atoms with E-state index in [1.807, 2.05) is 24.3 Å². The fourth-order valence-corrected chi connectivity index (χ4v) is 3.21. The van der Waals surface area contributed by atoms with Gasteiger partial charge in [0.1, 0.15) is 5.69 Å². The molecule has 4 rings (SSSR count). The van der Waals surface area contributed by atoms with Crippen molar-refractivity contribution >= 4 is 22.8 Å². The number of hydrogen-bond acceptors (Lipinski definition) is 6. The maximum atomic E-state index is 12.6. The van der Waals surface area contributed by atoms with Crippen molar-refractivity contribution in [2.24, 2.45) is 0 Å². The number of nitriles is 1. The predicted molar refractivity (Wildman–Crippen MR) is 98.8 cm³/mol. The van der Waals surface area contributed by atoms with Gasteiger partial charge < -0.3 is 15.1 Å². The number of piperazine rings is 1. The SMILES string of the molecule is CN1CCN(c2nc3ccccc3nc2[C@@H](C#N)C(=O)NC2CC2)CC1. The Balaban J connectivity index is 1.75. The van der Waals surface area contributed by atoms with E-state index in [0.717, 1.165) is 44.5 Å². The van der Waals surface area contributed by atoms with E-state index in [9.17, 15) is 10.1 Å². The zero-order chi connectivity index (χ0) is 18.1. The van der Waals surface area contributed by atoms with Gasteiger partial charge in [0.05, 0.1) is 17.1 Å². The minimum Gasteiger partial charge on any atom is -0.352 e. The summed E-state index contributed by atoms with van der Waals surface area (Å²) in [5.41, 5.74) is 1.96. The summed E-state index contributed by atoms with van der Waals surface area (Å²) < 4.78 is 0. The number of amides is 1. The van der Waals surface area contributed by atoms with E-state index in [0.29, 0.717) is 17.0 Å². The van der Waals surface area contributed by atoms with Crippen molar-refractivity contribution in [1.29, 1.82) is 5.26 Å². The third-order valence-electron chi connectivity index (χ3n) is 4.97. The number of benzene rings is 1. The summed E-state index contributed by atoms with van der Waals surface area (Å²) in [4.78, 5) is 26.5. The molecule has 1 aromatic carbocycles. The van der Waals surface area contributed by atoms with Gasteiger partial charge in [-0.1, -0.05) is 12.1 Å². The molecule has 0 unspecified atom stereocenters. The fourth-order valence-electron chi connectivity index (χ4n) is 3.21. The maximum absolute atomic E-state index is 12.6. The van der Waals surface area contributed by atoms with Crippen LogP contribution in [-0.2, 0) is 4.79 Å². The lowest BCUT2D eigenvalue weighted by molar-refractivity contribution is -0.121. The molecule has 0 radical (unpaired) electrons. The van der Waals surface area contributed by atoms with Crippen LogP contribution in [0.4, 0.5) is 5.82 Å². The standard InChI is InChI=1S/C19H22N6O/c1-24-8-10-25(11-9-24)18-17(14(12-20)19(26)21-13-6-7-13)22-15-4-2-3-5-16(15)23-18/h2-5,13-14H,6-11H2,1H3,(H,21,26)/t14-/m1/s1. The molecule has 134 valence electrons. The molecule has 1 N–H and O–H groups in total. The molecule has 7 heteroatoms. The van der Waals surface area contributed by atoms with Gasteiger partial charge >= 0.3 is 0 Å². The molecule has 1 aliphatic heterocycles. The predicted octanol–water partition coefficient (Wildman–Crippen LogP) is 1.27. The topological polar surface area (TPSA) is 85.2 Å². The number of anilines is 1. The number of carbonyl (C=O) groups is 1. The number of hydrogen-bond donors (Lipinski definition) is 1. The molecule has 2 aromatic rings. The van der Waals surface area contributed by atoms with E-state index in [1.165, 1.54) is 0 Å². The number of aromatic nitrogens is 2. The second kappa shape index (κ2) is 6.89. The lowest BCUT2D eigenvalue weighted by Gasteiger charge is -2.34. The van der Waals surface area contributed by atoms with Gasteiger partial charge in [0, 0.05) is 32.2 Å². The Morgan fingerprint density at radius 1 is 1.19 bits per heavy atom. The first-order valence-electron chi connectivity index (χ1n) is 9.06. The average Bonchev–Trinajstić information content (AvgIpc) is 3.46. The van der Waals surface area contributed by atoms with Crippen LogP contribution in [0.25, 0.3) is 11.0 Å². The van der Waals surface area contributed by atoms with Crippen molar-refractivity contribution in [2.45, 2.75) is 24.8 Å². The second-order valence-electron chi connectivity index (χ2n) is 7.06. The van der Waals surface area contributed by atoms with Crippen LogP contribution in [0.1, 0.15) is 24.5 Å². The number of carbonyl (C=O) groups excluding carboxylic acids is 1. The molecular weight excluding hydrogens is 328 g/mol. The van der Waals surface area contributed by atoms with Gasteiger partial charge in [-0.05, 0) is 32.0 Å². The van der Waals surface area contributed by atoms with E-state index >= 15 is 0 Å². The molecule has 0 spiro atoms. The smallest absolute Gasteiger partial charge is 0.243 e. The quantitative estimate of drug-likeness (QED) is 0.894. The molecule has 1 saturated carbocycles. The Hall–Kier alpha value is -2.72. The van der Waals surface area contributed by atoms with E-state index in [2.05, 4.69) is 33.2 Å². The molecule has 1 saturated heterocycles. The maximum Gasteiger partial charge on any atom is 0.243 e. The summed E-state index contributed by atoms with van der Waals surface area (Å²) in [6, 6.07) is 9.96. The molecule has 2 aliphatic rings. The van der Waals surface area contributed by atoms with Crippen molar-refractivity contribution in [3.8, 4) is 6.07 Å². The molecule has 1 aromatic heterocycles.